The van der Waals surface area contributed by atoms with Gasteiger partial charge in [-0.3, -0.25) is 9.78 Å². The molecule has 0 saturated carbocycles. The van der Waals surface area contributed by atoms with Crippen molar-refractivity contribution >= 4 is 55.8 Å². The predicted molar refractivity (Wildman–Crippen MR) is 110 cm³/mol. The number of fused-ring (bicyclic) bond motifs is 1. The van der Waals surface area contributed by atoms with Gasteiger partial charge in [-0.15, -0.1) is 11.3 Å². The zero-order valence-corrected chi connectivity index (χ0v) is 17.1. The van der Waals surface area contributed by atoms with Crippen molar-refractivity contribution in [3.63, 3.8) is 0 Å². The number of H-pyrrole nitrogens is 1. The summed E-state index contributed by atoms with van der Waals surface area (Å²) in [6.45, 7) is 0.834. The number of carbonyl (C=O) groups excluding carboxylic acids is 1. The summed E-state index contributed by atoms with van der Waals surface area (Å²) in [6, 6.07) is 7.28. The van der Waals surface area contributed by atoms with E-state index in [9.17, 15) is 13.2 Å². The Labute approximate surface area is 171 Å². The van der Waals surface area contributed by atoms with Crippen LogP contribution in [0.25, 0.3) is 17.0 Å². The average Bonchev–Trinajstić information content (AvgIpc) is 3.27. The molecule has 0 bridgehead atoms. The first-order valence-corrected chi connectivity index (χ1v) is 11.2. The molecule has 1 N–H and O–H groups in total. The summed E-state index contributed by atoms with van der Waals surface area (Å²) in [5.41, 5.74) is 1.85. The van der Waals surface area contributed by atoms with Gasteiger partial charge in [-0.2, -0.15) is 4.31 Å². The van der Waals surface area contributed by atoms with Crippen molar-refractivity contribution in [1.82, 2.24) is 19.2 Å². The van der Waals surface area contributed by atoms with Gasteiger partial charge in [0.15, 0.2) is 0 Å². The van der Waals surface area contributed by atoms with Crippen LogP contribution >= 0.6 is 22.9 Å². The third-order valence-electron chi connectivity index (χ3n) is 4.48. The van der Waals surface area contributed by atoms with Gasteiger partial charge in [0.2, 0.25) is 15.9 Å². The number of amides is 1. The maximum Gasteiger partial charge on any atom is 0.238 e. The van der Waals surface area contributed by atoms with Crippen molar-refractivity contribution in [2.45, 2.75) is 6.54 Å². The Balaban J connectivity index is 1.41. The molecule has 0 atom stereocenters. The number of carbonyl (C=O) groups is 1. The minimum absolute atomic E-state index is 0.167. The molecule has 4 rings (SSSR count). The number of aromatic amines is 1. The monoisotopic (exact) mass is 436 g/mol. The third-order valence-corrected chi connectivity index (χ3v) is 7.19. The number of aromatic nitrogens is 2. The highest BCUT2D eigenvalue weighted by molar-refractivity contribution is 7.92. The van der Waals surface area contributed by atoms with E-state index < -0.39 is 10.0 Å². The third kappa shape index (κ3) is 4.12. The van der Waals surface area contributed by atoms with E-state index in [4.69, 9.17) is 11.6 Å². The molecule has 1 fully saturated rings. The molecule has 3 aromatic heterocycles. The number of pyridine rings is 1. The fourth-order valence-corrected chi connectivity index (χ4v) is 5.22. The fraction of sp³-hybridized carbons (Fsp3) is 0.222. The second kappa shape index (κ2) is 7.67. The zero-order chi connectivity index (χ0) is 19.7. The number of halogens is 1. The van der Waals surface area contributed by atoms with Crippen LogP contribution in [0.5, 0.6) is 0 Å². The van der Waals surface area contributed by atoms with Crippen LogP contribution in [0.3, 0.4) is 0 Å². The second-order valence-corrected chi connectivity index (χ2v) is 9.96. The molecule has 10 heteroatoms. The van der Waals surface area contributed by atoms with E-state index in [1.807, 2.05) is 12.1 Å². The van der Waals surface area contributed by atoms with Gasteiger partial charge in [0.1, 0.15) is 0 Å². The standard InChI is InChI=1S/C18H17ClN4O3S2/c19-17-2-1-15(27-17)4-8-28(25,26)23-7-6-22(18(24)12-23)11-14-9-13-10-20-5-3-16(13)21-14/h1-5,8-10,21H,6-7,11-12H2/b8-4+. The van der Waals surface area contributed by atoms with Gasteiger partial charge in [-0.05, 0) is 30.3 Å². The number of nitrogens with zero attached hydrogens (tertiary/aromatic N) is 3. The Kier molecular flexibility index (Phi) is 5.24. The average molecular weight is 437 g/mol. The highest BCUT2D eigenvalue weighted by atomic mass is 35.5. The van der Waals surface area contributed by atoms with Crippen LogP contribution in [0.4, 0.5) is 0 Å². The molecule has 7 nitrogen and oxygen atoms in total. The first-order valence-electron chi connectivity index (χ1n) is 8.54. The summed E-state index contributed by atoms with van der Waals surface area (Å²) in [7, 11) is -3.67. The van der Waals surface area contributed by atoms with Crippen molar-refractivity contribution in [2.24, 2.45) is 0 Å². The molecule has 0 spiro atoms. The fourth-order valence-electron chi connectivity index (χ4n) is 3.05. The SMILES string of the molecule is O=C1CN(S(=O)(=O)/C=C/c2ccc(Cl)s2)CCN1Cc1cc2cnccc2[nH]1. The number of hydrogen-bond acceptors (Lipinski definition) is 5. The van der Waals surface area contributed by atoms with Crippen molar-refractivity contribution in [2.75, 3.05) is 19.6 Å². The largest absolute Gasteiger partial charge is 0.357 e. The van der Waals surface area contributed by atoms with E-state index in [-0.39, 0.29) is 19.0 Å². The molecule has 0 aromatic carbocycles. The lowest BCUT2D eigenvalue weighted by molar-refractivity contribution is -0.134. The van der Waals surface area contributed by atoms with E-state index in [0.717, 1.165) is 26.9 Å². The number of sulfonamides is 1. The highest BCUT2D eigenvalue weighted by Crippen LogP contribution is 2.23. The van der Waals surface area contributed by atoms with Crippen LogP contribution in [0.2, 0.25) is 4.34 Å². The van der Waals surface area contributed by atoms with Crippen molar-refractivity contribution in [3.8, 4) is 0 Å². The number of thiophene rings is 1. The summed E-state index contributed by atoms with van der Waals surface area (Å²) in [6.07, 6.45) is 4.96. The minimum Gasteiger partial charge on any atom is -0.357 e. The Hall–Kier alpha value is -2.20. The van der Waals surface area contributed by atoms with Gasteiger partial charge in [-0.25, -0.2) is 8.42 Å². The van der Waals surface area contributed by atoms with Crippen molar-refractivity contribution in [3.05, 3.63) is 57.0 Å². The predicted octanol–water partition coefficient (Wildman–Crippen LogP) is 2.92. The maximum absolute atomic E-state index is 12.5. The molecule has 3 aromatic rings. The van der Waals surface area contributed by atoms with E-state index in [1.54, 1.807) is 29.4 Å². The molecular formula is C18H17ClN4O3S2. The van der Waals surface area contributed by atoms with Gasteiger partial charge in [0, 0.05) is 52.4 Å². The van der Waals surface area contributed by atoms with Gasteiger partial charge in [-0.1, -0.05) is 11.6 Å². The van der Waals surface area contributed by atoms with Crippen LogP contribution in [0.1, 0.15) is 10.6 Å². The maximum atomic E-state index is 12.5. The molecule has 1 saturated heterocycles. The zero-order valence-electron chi connectivity index (χ0n) is 14.7. The van der Waals surface area contributed by atoms with Gasteiger partial charge >= 0.3 is 0 Å². The number of rotatable bonds is 5. The van der Waals surface area contributed by atoms with Crippen molar-refractivity contribution in [1.29, 1.82) is 0 Å². The van der Waals surface area contributed by atoms with E-state index in [1.165, 1.54) is 21.7 Å². The molecule has 1 aliphatic heterocycles. The van der Waals surface area contributed by atoms with Crippen LogP contribution in [0.15, 0.2) is 42.1 Å². The normalized spacial score (nSPS) is 16.5. The minimum atomic E-state index is -3.67. The first kappa shape index (κ1) is 19.1. The van der Waals surface area contributed by atoms with Crippen LogP contribution in [0, 0.1) is 0 Å². The van der Waals surface area contributed by atoms with Crippen LogP contribution in [-0.4, -0.2) is 53.1 Å². The van der Waals surface area contributed by atoms with Crippen LogP contribution < -0.4 is 0 Å². The van der Waals surface area contributed by atoms with E-state index in [0.29, 0.717) is 17.4 Å². The molecule has 28 heavy (non-hydrogen) atoms. The summed E-state index contributed by atoms with van der Waals surface area (Å²) in [5, 5.41) is 2.10. The Morgan fingerprint density at radius 1 is 1.29 bits per heavy atom. The van der Waals surface area contributed by atoms with Crippen molar-refractivity contribution < 1.29 is 13.2 Å². The molecule has 4 heterocycles. The Morgan fingerprint density at radius 2 is 2.14 bits per heavy atom. The van der Waals surface area contributed by atoms with Gasteiger partial charge in [0.05, 0.1) is 17.4 Å². The first-order chi connectivity index (χ1) is 13.4. The summed E-state index contributed by atoms with van der Waals surface area (Å²) >= 11 is 7.15. The highest BCUT2D eigenvalue weighted by Gasteiger charge is 2.30. The Morgan fingerprint density at radius 3 is 2.86 bits per heavy atom. The smallest absolute Gasteiger partial charge is 0.238 e. The molecular weight excluding hydrogens is 420 g/mol. The lowest BCUT2D eigenvalue weighted by Gasteiger charge is -2.32. The summed E-state index contributed by atoms with van der Waals surface area (Å²) in [5.74, 6) is -0.223. The Bertz CT molecular complexity index is 1120. The van der Waals surface area contributed by atoms with E-state index in [2.05, 4.69) is 9.97 Å². The van der Waals surface area contributed by atoms with Crippen LogP contribution in [-0.2, 0) is 21.4 Å². The molecule has 0 unspecified atom stereocenters. The number of nitrogens with one attached hydrogen (secondary N) is 1. The van der Waals surface area contributed by atoms with Gasteiger partial charge in [0.25, 0.3) is 0 Å². The number of piperazine rings is 1. The lowest BCUT2D eigenvalue weighted by Crippen LogP contribution is -2.51. The quantitative estimate of drug-likeness (QED) is 0.666. The topological polar surface area (TPSA) is 86.4 Å². The summed E-state index contributed by atoms with van der Waals surface area (Å²) < 4.78 is 26.8. The lowest BCUT2D eigenvalue weighted by atomic mass is 10.3. The molecule has 0 radical (unpaired) electrons. The number of hydrogen-bond donors (Lipinski definition) is 1. The molecule has 1 aliphatic rings. The molecule has 1 amide bonds. The molecule has 0 aliphatic carbocycles. The summed E-state index contributed by atoms with van der Waals surface area (Å²) in [4.78, 5) is 22.2. The van der Waals surface area contributed by atoms with Gasteiger partial charge < -0.3 is 9.88 Å². The molecule has 146 valence electrons. The second-order valence-electron chi connectivity index (χ2n) is 6.40. The van der Waals surface area contributed by atoms with E-state index >= 15 is 0 Å².